The SMILES string of the molecule is C=CC[C@@H](C(C)=O)C(=O)Nc1ccccc1. The fraction of sp³-hybridized carbons (Fsp3) is 0.231. The molecule has 0 heterocycles. The van der Waals surface area contributed by atoms with Crippen molar-refractivity contribution in [1.29, 1.82) is 0 Å². The van der Waals surface area contributed by atoms with Crippen molar-refractivity contribution in [2.75, 3.05) is 5.32 Å². The van der Waals surface area contributed by atoms with Crippen LogP contribution in [0.4, 0.5) is 5.69 Å². The van der Waals surface area contributed by atoms with E-state index in [0.29, 0.717) is 12.1 Å². The molecule has 0 aromatic heterocycles. The molecule has 3 nitrogen and oxygen atoms in total. The molecule has 0 aliphatic rings. The van der Waals surface area contributed by atoms with Crippen molar-refractivity contribution in [3.8, 4) is 0 Å². The van der Waals surface area contributed by atoms with Crippen LogP contribution in [-0.2, 0) is 9.59 Å². The topological polar surface area (TPSA) is 46.2 Å². The lowest BCUT2D eigenvalue weighted by molar-refractivity contribution is -0.129. The minimum absolute atomic E-state index is 0.145. The van der Waals surface area contributed by atoms with E-state index in [9.17, 15) is 9.59 Å². The quantitative estimate of drug-likeness (QED) is 0.608. The van der Waals surface area contributed by atoms with Gasteiger partial charge in [-0.25, -0.2) is 0 Å². The third-order valence-corrected chi connectivity index (χ3v) is 2.25. The summed E-state index contributed by atoms with van der Waals surface area (Å²) in [5, 5.41) is 2.70. The van der Waals surface area contributed by atoms with Crippen LogP contribution in [0.5, 0.6) is 0 Å². The number of anilines is 1. The molecule has 16 heavy (non-hydrogen) atoms. The lowest BCUT2D eigenvalue weighted by Gasteiger charge is -2.11. The molecule has 0 saturated heterocycles. The molecule has 0 fully saturated rings. The number of rotatable bonds is 5. The Balaban J connectivity index is 2.69. The van der Waals surface area contributed by atoms with Crippen LogP contribution in [0.1, 0.15) is 13.3 Å². The molecule has 1 aromatic rings. The number of hydrogen-bond acceptors (Lipinski definition) is 2. The van der Waals surface area contributed by atoms with E-state index in [1.165, 1.54) is 6.92 Å². The van der Waals surface area contributed by atoms with Gasteiger partial charge in [-0.1, -0.05) is 24.3 Å². The molecule has 0 saturated carbocycles. The minimum atomic E-state index is -0.641. The highest BCUT2D eigenvalue weighted by Gasteiger charge is 2.21. The number of carbonyl (C=O) groups excluding carboxylic acids is 2. The van der Waals surface area contributed by atoms with Gasteiger partial charge in [-0.05, 0) is 25.5 Å². The number of Topliss-reactive ketones (excluding diaryl/α,β-unsaturated/α-hetero) is 1. The van der Waals surface area contributed by atoms with Crippen LogP contribution in [0.25, 0.3) is 0 Å². The zero-order valence-corrected chi connectivity index (χ0v) is 9.27. The average molecular weight is 217 g/mol. The van der Waals surface area contributed by atoms with Crippen LogP contribution in [0, 0.1) is 5.92 Å². The van der Waals surface area contributed by atoms with Gasteiger partial charge >= 0.3 is 0 Å². The van der Waals surface area contributed by atoms with Gasteiger partial charge in [-0.3, -0.25) is 9.59 Å². The third-order valence-electron chi connectivity index (χ3n) is 2.25. The maximum atomic E-state index is 11.8. The number of allylic oxidation sites excluding steroid dienone is 1. The summed E-state index contributed by atoms with van der Waals surface area (Å²) in [4.78, 5) is 23.0. The molecule has 1 amide bonds. The zero-order valence-electron chi connectivity index (χ0n) is 9.27. The molecule has 1 rings (SSSR count). The molecule has 1 atom stereocenters. The van der Waals surface area contributed by atoms with Crippen LogP contribution < -0.4 is 5.32 Å². The van der Waals surface area contributed by atoms with Gasteiger partial charge in [0.1, 0.15) is 5.78 Å². The van der Waals surface area contributed by atoms with Crippen LogP contribution in [0.2, 0.25) is 0 Å². The Morgan fingerprint density at radius 2 is 2.00 bits per heavy atom. The van der Waals surface area contributed by atoms with E-state index in [4.69, 9.17) is 0 Å². The highest BCUT2D eigenvalue weighted by atomic mass is 16.2. The molecule has 84 valence electrons. The van der Waals surface area contributed by atoms with Gasteiger partial charge in [0.2, 0.25) is 5.91 Å². The maximum Gasteiger partial charge on any atom is 0.235 e. The van der Waals surface area contributed by atoms with Crippen LogP contribution >= 0.6 is 0 Å². The molecule has 0 aliphatic heterocycles. The Morgan fingerprint density at radius 3 is 2.50 bits per heavy atom. The van der Waals surface area contributed by atoms with E-state index in [0.717, 1.165) is 0 Å². The number of nitrogens with one attached hydrogen (secondary N) is 1. The number of hydrogen-bond donors (Lipinski definition) is 1. The summed E-state index contributed by atoms with van der Waals surface area (Å²) in [5.41, 5.74) is 0.697. The fourth-order valence-electron chi connectivity index (χ4n) is 1.38. The normalized spacial score (nSPS) is 11.6. The Labute approximate surface area is 95.2 Å². The lowest BCUT2D eigenvalue weighted by atomic mass is 10.0. The van der Waals surface area contributed by atoms with Crippen LogP contribution in [0.15, 0.2) is 43.0 Å². The molecule has 1 N–H and O–H groups in total. The second kappa shape index (κ2) is 5.85. The number of benzene rings is 1. The summed E-state index contributed by atoms with van der Waals surface area (Å²) >= 11 is 0. The van der Waals surface area contributed by atoms with Crippen LogP contribution in [0.3, 0.4) is 0 Å². The van der Waals surface area contributed by atoms with E-state index in [1.807, 2.05) is 18.2 Å². The number of ketones is 1. The third kappa shape index (κ3) is 3.35. The first kappa shape index (κ1) is 12.2. The van der Waals surface area contributed by atoms with Gasteiger partial charge in [0.25, 0.3) is 0 Å². The van der Waals surface area contributed by atoms with E-state index >= 15 is 0 Å². The van der Waals surface area contributed by atoms with Gasteiger partial charge in [-0.15, -0.1) is 6.58 Å². The van der Waals surface area contributed by atoms with Crippen molar-refractivity contribution >= 4 is 17.4 Å². The van der Waals surface area contributed by atoms with Crippen molar-refractivity contribution < 1.29 is 9.59 Å². The van der Waals surface area contributed by atoms with Crippen molar-refractivity contribution in [3.05, 3.63) is 43.0 Å². The number of carbonyl (C=O) groups is 2. The van der Waals surface area contributed by atoms with Gasteiger partial charge < -0.3 is 5.32 Å². The van der Waals surface area contributed by atoms with E-state index in [-0.39, 0.29) is 11.7 Å². The predicted octanol–water partition coefficient (Wildman–Crippen LogP) is 2.41. The van der Waals surface area contributed by atoms with Crippen molar-refractivity contribution in [3.63, 3.8) is 0 Å². The summed E-state index contributed by atoms with van der Waals surface area (Å²) < 4.78 is 0. The largest absolute Gasteiger partial charge is 0.325 e. The first-order valence-corrected chi connectivity index (χ1v) is 5.12. The Kier molecular flexibility index (Phi) is 4.45. The minimum Gasteiger partial charge on any atom is -0.325 e. The Morgan fingerprint density at radius 1 is 1.38 bits per heavy atom. The highest BCUT2D eigenvalue weighted by molar-refractivity contribution is 6.06. The summed E-state index contributed by atoms with van der Waals surface area (Å²) in [6.07, 6.45) is 1.95. The highest BCUT2D eigenvalue weighted by Crippen LogP contribution is 2.11. The summed E-state index contributed by atoms with van der Waals surface area (Å²) in [6, 6.07) is 9.08. The molecule has 0 bridgehead atoms. The summed E-state index contributed by atoms with van der Waals surface area (Å²) in [6.45, 7) is 4.96. The molecular formula is C13H15NO2. The predicted molar refractivity (Wildman–Crippen MR) is 64.1 cm³/mol. The van der Waals surface area contributed by atoms with Gasteiger partial charge in [-0.2, -0.15) is 0 Å². The monoisotopic (exact) mass is 217 g/mol. The Hall–Kier alpha value is -1.90. The molecule has 0 spiro atoms. The van der Waals surface area contributed by atoms with Gasteiger partial charge in [0.15, 0.2) is 0 Å². The fourth-order valence-corrected chi connectivity index (χ4v) is 1.38. The second-order valence-electron chi connectivity index (χ2n) is 3.54. The number of para-hydroxylation sites is 1. The molecule has 3 heteroatoms. The maximum absolute atomic E-state index is 11.8. The molecule has 1 aromatic carbocycles. The van der Waals surface area contributed by atoms with Crippen LogP contribution in [-0.4, -0.2) is 11.7 Å². The summed E-state index contributed by atoms with van der Waals surface area (Å²) in [5.74, 6) is -1.07. The zero-order chi connectivity index (χ0) is 12.0. The van der Waals surface area contributed by atoms with Crippen molar-refractivity contribution in [2.24, 2.45) is 5.92 Å². The molecule has 0 aliphatic carbocycles. The Bertz CT molecular complexity index is 384. The summed E-state index contributed by atoms with van der Waals surface area (Å²) in [7, 11) is 0. The first-order valence-electron chi connectivity index (χ1n) is 5.12. The molecular weight excluding hydrogens is 202 g/mol. The smallest absolute Gasteiger partial charge is 0.235 e. The van der Waals surface area contributed by atoms with Crippen molar-refractivity contribution in [1.82, 2.24) is 0 Å². The first-order chi connectivity index (χ1) is 7.65. The average Bonchev–Trinajstić information content (AvgIpc) is 2.26. The van der Waals surface area contributed by atoms with E-state index in [1.54, 1.807) is 18.2 Å². The second-order valence-corrected chi connectivity index (χ2v) is 3.54. The number of amides is 1. The van der Waals surface area contributed by atoms with E-state index < -0.39 is 5.92 Å². The molecule has 0 radical (unpaired) electrons. The van der Waals surface area contributed by atoms with Crippen molar-refractivity contribution in [2.45, 2.75) is 13.3 Å². The lowest BCUT2D eigenvalue weighted by Crippen LogP contribution is -2.27. The van der Waals surface area contributed by atoms with Gasteiger partial charge in [0.05, 0.1) is 5.92 Å². The van der Waals surface area contributed by atoms with E-state index in [2.05, 4.69) is 11.9 Å². The standard InChI is InChI=1S/C13H15NO2/c1-3-7-12(10(2)15)13(16)14-11-8-5-4-6-9-11/h3-6,8-9,12H,1,7H2,2H3,(H,14,16)/t12-/m0/s1. The molecule has 0 unspecified atom stereocenters. The van der Waals surface area contributed by atoms with Gasteiger partial charge in [0, 0.05) is 5.69 Å².